The summed E-state index contributed by atoms with van der Waals surface area (Å²) in [5.74, 6) is -3.99. The standard InChI is InChI=1S/C57H104O12/c1-4-7-10-28-37-48(39-31-22-16-13-19-25-34-43-52(58)59)55(64)67-46-51(69-57(66)50(41-30-12-9-6-3)42-33-24-18-15-21-27-36-45-54(62)63)47-68-56(65)49(38-29-11-8-5-2)40-32-23-17-14-20-26-35-44-53(60)61/h48-51H,4-47H2,1-3H3,(H,58,59)(H,60,61)(H,62,63). The van der Waals surface area contributed by atoms with Gasteiger partial charge in [0, 0.05) is 19.3 Å². The monoisotopic (exact) mass is 981 g/mol. The van der Waals surface area contributed by atoms with E-state index in [1.165, 1.54) is 0 Å². The maximum Gasteiger partial charge on any atom is 0.309 e. The van der Waals surface area contributed by atoms with Crippen molar-refractivity contribution in [2.45, 2.75) is 297 Å². The molecule has 3 unspecified atom stereocenters. The largest absolute Gasteiger partial charge is 0.481 e. The van der Waals surface area contributed by atoms with Crippen LogP contribution in [-0.4, -0.2) is 70.5 Å². The van der Waals surface area contributed by atoms with Crippen LogP contribution in [0.2, 0.25) is 0 Å². The van der Waals surface area contributed by atoms with Gasteiger partial charge in [-0.2, -0.15) is 0 Å². The van der Waals surface area contributed by atoms with Gasteiger partial charge in [0.15, 0.2) is 6.10 Å². The van der Waals surface area contributed by atoms with Crippen molar-refractivity contribution in [2.75, 3.05) is 13.2 Å². The number of unbranched alkanes of at least 4 members (excludes halogenated alkanes) is 27. The second kappa shape index (κ2) is 48.4. The number of carbonyl (C=O) groups excluding carboxylic acids is 3. The minimum Gasteiger partial charge on any atom is -0.481 e. The van der Waals surface area contributed by atoms with Crippen LogP contribution in [0.5, 0.6) is 0 Å². The molecular formula is C57H104O12. The Balaban J connectivity index is 5.94. The Morgan fingerprint density at radius 1 is 0.304 bits per heavy atom. The van der Waals surface area contributed by atoms with Crippen molar-refractivity contribution in [1.82, 2.24) is 0 Å². The Morgan fingerprint density at radius 3 is 0.768 bits per heavy atom. The molecule has 0 heterocycles. The van der Waals surface area contributed by atoms with E-state index in [-0.39, 0.29) is 68.1 Å². The molecule has 3 N–H and O–H groups in total. The Bertz CT molecular complexity index is 1210. The molecule has 0 saturated carbocycles. The number of hydrogen-bond acceptors (Lipinski definition) is 9. The van der Waals surface area contributed by atoms with Crippen LogP contribution in [0.25, 0.3) is 0 Å². The van der Waals surface area contributed by atoms with Crippen LogP contribution in [0.4, 0.5) is 0 Å². The first-order chi connectivity index (χ1) is 33.4. The predicted molar refractivity (Wildman–Crippen MR) is 276 cm³/mol. The third kappa shape index (κ3) is 43.3. The molecule has 0 bridgehead atoms. The van der Waals surface area contributed by atoms with Crippen LogP contribution in [-0.2, 0) is 43.0 Å². The molecule has 0 spiro atoms. The Hall–Kier alpha value is -3.18. The van der Waals surface area contributed by atoms with Gasteiger partial charge in [0.05, 0.1) is 17.8 Å². The maximum atomic E-state index is 14.1. The van der Waals surface area contributed by atoms with E-state index in [2.05, 4.69) is 20.8 Å². The number of carbonyl (C=O) groups is 6. The van der Waals surface area contributed by atoms with Gasteiger partial charge in [0.2, 0.25) is 0 Å². The van der Waals surface area contributed by atoms with Crippen LogP contribution in [0.15, 0.2) is 0 Å². The van der Waals surface area contributed by atoms with Crippen molar-refractivity contribution in [2.24, 2.45) is 17.8 Å². The van der Waals surface area contributed by atoms with Crippen LogP contribution in [0.1, 0.15) is 290 Å². The van der Waals surface area contributed by atoms with Crippen molar-refractivity contribution in [3.8, 4) is 0 Å². The average molecular weight is 981 g/mol. The molecule has 12 nitrogen and oxygen atoms in total. The maximum absolute atomic E-state index is 14.1. The fourth-order valence-electron chi connectivity index (χ4n) is 9.21. The number of carboxylic acids is 3. The van der Waals surface area contributed by atoms with Gasteiger partial charge < -0.3 is 29.5 Å². The molecule has 0 aliphatic carbocycles. The van der Waals surface area contributed by atoms with Crippen LogP contribution in [0, 0.1) is 17.8 Å². The van der Waals surface area contributed by atoms with Crippen molar-refractivity contribution >= 4 is 35.8 Å². The lowest BCUT2D eigenvalue weighted by Gasteiger charge is -2.24. The molecule has 0 aliphatic heterocycles. The van der Waals surface area contributed by atoms with E-state index in [1.807, 2.05) is 0 Å². The molecule has 0 aliphatic rings. The minimum absolute atomic E-state index is 0.169. The number of hydrogen-bond donors (Lipinski definition) is 3. The van der Waals surface area contributed by atoms with E-state index < -0.39 is 24.0 Å². The molecule has 0 aromatic carbocycles. The van der Waals surface area contributed by atoms with E-state index >= 15 is 0 Å². The van der Waals surface area contributed by atoms with Crippen molar-refractivity contribution < 1.29 is 58.3 Å². The molecule has 0 aromatic rings. The zero-order valence-electron chi connectivity index (χ0n) is 44.4. The minimum atomic E-state index is -0.918. The van der Waals surface area contributed by atoms with E-state index in [9.17, 15) is 28.8 Å². The fourth-order valence-corrected chi connectivity index (χ4v) is 9.21. The van der Waals surface area contributed by atoms with E-state index in [0.717, 1.165) is 218 Å². The van der Waals surface area contributed by atoms with Crippen LogP contribution >= 0.6 is 0 Å². The third-order valence-electron chi connectivity index (χ3n) is 13.7. The first-order valence-corrected chi connectivity index (χ1v) is 28.6. The molecule has 0 radical (unpaired) electrons. The lowest BCUT2D eigenvalue weighted by Crippen LogP contribution is -2.35. The summed E-state index contributed by atoms with van der Waals surface area (Å²) >= 11 is 0. The second-order valence-corrected chi connectivity index (χ2v) is 20.2. The highest BCUT2D eigenvalue weighted by atomic mass is 16.6. The molecule has 404 valence electrons. The smallest absolute Gasteiger partial charge is 0.309 e. The number of ether oxygens (including phenoxy) is 3. The second-order valence-electron chi connectivity index (χ2n) is 20.2. The molecule has 3 atom stereocenters. The van der Waals surface area contributed by atoms with Gasteiger partial charge in [-0.3, -0.25) is 28.8 Å². The summed E-state index contributed by atoms with van der Waals surface area (Å²) in [6.07, 6.45) is 36.3. The van der Waals surface area contributed by atoms with Crippen LogP contribution in [0.3, 0.4) is 0 Å². The summed E-state index contributed by atoms with van der Waals surface area (Å²) in [5.41, 5.74) is 0. The topological polar surface area (TPSA) is 191 Å². The molecule has 69 heavy (non-hydrogen) atoms. The first kappa shape index (κ1) is 65.8. The molecule has 0 saturated heterocycles. The Labute approximate surface area is 420 Å². The van der Waals surface area contributed by atoms with Crippen molar-refractivity contribution in [3.05, 3.63) is 0 Å². The summed E-state index contributed by atoms with van der Waals surface area (Å²) in [6.45, 7) is 6.16. The summed E-state index contributed by atoms with van der Waals surface area (Å²) in [7, 11) is 0. The highest BCUT2D eigenvalue weighted by molar-refractivity contribution is 5.74. The van der Waals surface area contributed by atoms with Gasteiger partial charge in [0.25, 0.3) is 0 Å². The Kier molecular flexibility index (Phi) is 46.2. The lowest BCUT2D eigenvalue weighted by atomic mass is 9.94. The predicted octanol–water partition coefficient (Wildman–Crippen LogP) is 15.5. The van der Waals surface area contributed by atoms with Gasteiger partial charge in [-0.05, 0) is 57.8 Å². The number of esters is 3. The Morgan fingerprint density at radius 2 is 0.522 bits per heavy atom. The summed E-state index contributed by atoms with van der Waals surface area (Å²) in [6, 6.07) is 0. The van der Waals surface area contributed by atoms with Gasteiger partial charge in [-0.1, -0.05) is 213 Å². The fraction of sp³-hybridized carbons (Fsp3) is 0.895. The van der Waals surface area contributed by atoms with Gasteiger partial charge in [-0.25, -0.2) is 0 Å². The SMILES string of the molecule is CCCCCCC(CCCCCCCCCC(=O)O)C(=O)OCC(COC(=O)C(CCCCCC)CCCCCCCCCC(=O)O)OC(=O)C(CCCCCC)CCCCCCCCCC(=O)O. The molecule has 0 aromatic heterocycles. The van der Waals surface area contributed by atoms with Gasteiger partial charge >= 0.3 is 35.8 Å². The molecule has 0 fully saturated rings. The summed E-state index contributed by atoms with van der Waals surface area (Å²) in [5, 5.41) is 26.7. The number of rotatable bonds is 53. The van der Waals surface area contributed by atoms with Crippen molar-refractivity contribution in [1.29, 1.82) is 0 Å². The van der Waals surface area contributed by atoms with E-state index in [0.29, 0.717) is 32.1 Å². The zero-order chi connectivity index (χ0) is 51.0. The van der Waals surface area contributed by atoms with Crippen LogP contribution < -0.4 is 0 Å². The quantitative estimate of drug-likeness (QED) is 0.0297. The van der Waals surface area contributed by atoms with E-state index in [1.54, 1.807) is 0 Å². The molecular weight excluding hydrogens is 877 g/mol. The van der Waals surface area contributed by atoms with E-state index in [4.69, 9.17) is 29.5 Å². The molecule has 0 rings (SSSR count). The third-order valence-corrected chi connectivity index (χ3v) is 13.7. The van der Waals surface area contributed by atoms with Crippen molar-refractivity contribution in [3.63, 3.8) is 0 Å². The zero-order valence-corrected chi connectivity index (χ0v) is 44.4. The highest BCUT2D eigenvalue weighted by Gasteiger charge is 2.28. The average Bonchev–Trinajstić information content (AvgIpc) is 3.31. The molecule has 12 heteroatoms. The molecule has 0 amide bonds. The summed E-state index contributed by atoms with van der Waals surface area (Å²) < 4.78 is 18.3. The lowest BCUT2D eigenvalue weighted by molar-refractivity contribution is -0.172. The normalized spacial score (nSPS) is 13.1. The van der Waals surface area contributed by atoms with Gasteiger partial charge in [-0.15, -0.1) is 0 Å². The number of aliphatic carboxylic acids is 3. The summed E-state index contributed by atoms with van der Waals surface area (Å²) in [4.78, 5) is 74.3. The van der Waals surface area contributed by atoms with Gasteiger partial charge in [0.1, 0.15) is 13.2 Å². The highest BCUT2D eigenvalue weighted by Crippen LogP contribution is 2.25. The number of carboxylic acid groups (broad SMARTS) is 3. The first-order valence-electron chi connectivity index (χ1n) is 28.6.